The number of hydrogen-bond acceptors (Lipinski definition) is 4. The van der Waals surface area contributed by atoms with Crippen LogP contribution in [0.5, 0.6) is 0 Å². The van der Waals surface area contributed by atoms with Crippen molar-refractivity contribution in [1.29, 1.82) is 0 Å². The highest BCUT2D eigenvalue weighted by Crippen LogP contribution is 2.31. The molecule has 0 aliphatic rings. The first-order valence-electron chi connectivity index (χ1n) is 10.0. The molecule has 0 saturated carbocycles. The number of aromatic nitrogens is 1. The Morgan fingerprint density at radius 2 is 1.78 bits per heavy atom. The van der Waals surface area contributed by atoms with Crippen LogP contribution in [-0.2, 0) is 20.9 Å². The third-order valence-corrected chi connectivity index (χ3v) is 6.68. The van der Waals surface area contributed by atoms with Crippen LogP contribution in [-0.4, -0.2) is 28.8 Å². The van der Waals surface area contributed by atoms with E-state index in [1.807, 2.05) is 30.3 Å². The van der Waals surface area contributed by atoms with E-state index in [9.17, 15) is 9.59 Å². The Balaban J connectivity index is 1.37. The fourth-order valence-electron chi connectivity index (χ4n) is 3.58. The van der Waals surface area contributed by atoms with E-state index in [1.54, 1.807) is 18.2 Å². The third kappa shape index (κ3) is 4.88. The van der Waals surface area contributed by atoms with Crippen molar-refractivity contribution in [2.24, 2.45) is 0 Å². The van der Waals surface area contributed by atoms with E-state index in [4.69, 9.17) is 27.9 Å². The first-order valence-corrected chi connectivity index (χ1v) is 11.7. The molecule has 1 heterocycles. The molecule has 0 saturated heterocycles. The van der Waals surface area contributed by atoms with Crippen LogP contribution in [0.2, 0.25) is 10.0 Å². The van der Waals surface area contributed by atoms with Gasteiger partial charge >= 0.3 is 5.97 Å². The van der Waals surface area contributed by atoms with E-state index in [2.05, 4.69) is 28.9 Å². The predicted molar refractivity (Wildman–Crippen MR) is 132 cm³/mol. The molecule has 0 spiro atoms. The number of hydrogen-bond donors (Lipinski definition) is 1. The summed E-state index contributed by atoms with van der Waals surface area (Å²) in [5.41, 5.74) is 2.91. The number of fused-ring (bicyclic) bond motifs is 3. The van der Waals surface area contributed by atoms with Crippen LogP contribution in [0.3, 0.4) is 0 Å². The number of thioether (sulfide) groups is 1. The summed E-state index contributed by atoms with van der Waals surface area (Å²) in [5.74, 6) is -0.888. The third-order valence-electron chi connectivity index (χ3n) is 4.98. The van der Waals surface area contributed by atoms with E-state index >= 15 is 0 Å². The minimum Gasteiger partial charge on any atom is -0.455 e. The fraction of sp³-hybridized carbons (Fsp3) is 0.167. The first-order chi connectivity index (χ1) is 15.5. The minimum atomic E-state index is -0.511. The Morgan fingerprint density at radius 1 is 1.00 bits per heavy atom. The Bertz CT molecular complexity index is 1320. The first kappa shape index (κ1) is 22.5. The zero-order valence-corrected chi connectivity index (χ0v) is 19.6. The van der Waals surface area contributed by atoms with Gasteiger partial charge in [-0.05, 0) is 49.4 Å². The van der Waals surface area contributed by atoms with Crippen molar-refractivity contribution in [3.8, 4) is 0 Å². The van der Waals surface area contributed by atoms with E-state index in [0.717, 1.165) is 28.4 Å². The molecule has 1 N–H and O–H groups in total. The van der Waals surface area contributed by atoms with Gasteiger partial charge in [0.05, 0.1) is 10.8 Å². The van der Waals surface area contributed by atoms with E-state index in [1.165, 1.54) is 11.8 Å². The molecule has 0 atom stereocenters. The zero-order chi connectivity index (χ0) is 22.7. The summed E-state index contributed by atoms with van der Waals surface area (Å²) in [7, 11) is 0. The minimum absolute atomic E-state index is 0.0236. The lowest BCUT2D eigenvalue weighted by atomic mass is 10.1. The van der Waals surface area contributed by atoms with Gasteiger partial charge in [0.15, 0.2) is 6.61 Å². The molecule has 0 radical (unpaired) electrons. The summed E-state index contributed by atoms with van der Waals surface area (Å²) in [6, 6.07) is 19.0. The van der Waals surface area contributed by atoms with Gasteiger partial charge in [-0.3, -0.25) is 9.59 Å². The number of para-hydroxylation sites is 1. The molecule has 0 bridgehead atoms. The average Bonchev–Trinajstić information content (AvgIpc) is 3.11. The number of carbonyl (C=O) groups excluding carboxylic acids is 2. The second-order valence-corrected chi connectivity index (χ2v) is 8.93. The highest BCUT2D eigenvalue weighted by molar-refractivity contribution is 8.00. The van der Waals surface area contributed by atoms with Gasteiger partial charge in [0.1, 0.15) is 0 Å². The van der Waals surface area contributed by atoms with Crippen LogP contribution in [0.1, 0.15) is 6.92 Å². The van der Waals surface area contributed by atoms with Crippen molar-refractivity contribution >= 4 is 74.3 Å². The second kappa shape index (κ2) is 9.86. The monoisotopic (exact) mass is 486 g/mol. The Morgan fingerprint density at radius 3 is 2.59 bits per heavy atom. The SMILES string of the molecule is CCn1c2ccccc2c2cc(NC(=O)COC(=O)CSc3cc(Cl)ccc3Cl)ccc21. The topological polar surface area (TPSA) is 60.3 Å². The average molecular weight is 487 g/mol. The molecule has 1 aromatic heterocycles. The van der Waals surface area contributed by atoms with Crippen LogP contribution in [0.25, 0.3) is 21.8 Å². The van der Waals surface area contributed by atoms with Crippen LogP contribution in [0.4, 0.5) is 5.69 Å². The van der Waals surface area contributed by atoms with Crippen LogP contribution < -0.4 is 5.32 Å². The summed E-state index contributed by atoms with van der Waals surface area (Å²) in [6.07, 6.45) is 0. The number of halogens is 2. The maximum atomic E-state index is 12.3. The lowest BCUT2D eigenvalue weighted by Crippen LogP contribution is -2.21. The number of nitrogens with one attached hydrogen (secondary N) is 1. The second-order valence-electron chi connectivity index (χ2n) is 7.07. The summed E-state index contributed by atoms with van der Waals surface area (Å²) in [5, 5.41) is 6.03. The smallest absolute Gasteiger partial charge is 0.316 e. The van der Waals surface area contributed by atoms with Gasteiger partial charge in [0, 0.05) is 44.0 Å². The lowest BCUT2D eigenvalue weighted by Gasteiger charge is -2.08. The number of esters is 1. The molecule has 4 aromatic rings. The zero-order valence-electron chi connectivity index (χ0n) is 17.2. The van der Waals surface area contributed by atoms with Gasteiger partial charge < -0.3 is 14.6 Å². The maximum Gasteiger partial charge on any atom is 0.316 e. The molecule has 3 aromatic carbocycles. The maximum absolute atomic E-state index is 12.3. The van der Waals surface area contributed by atoms with Crippen molar-refractivity contribution in [3.05, 3.63) is 70.7 Å². The van der Waals surface area contributed by atoms with Gasteiger partial charge in [0.25, 0.3) is 5.91 Å². The molecule has 32 heavy (non-hydrogen) atoms. The number of benzene rings is 3. The Hall–Kier alpha value is -2.67. The van der Waals surface area contributed by atoms with E-state index in [-0.39, 0.29) is 12.4 Å². The van der Waals surface area contributed by atoms with Gasteiger partial charge in [-0.1, -0.05) is 41.4 Å². The molecule has 0 unspecified atom stereocenters. The summed E-state index contributed by atoms with van der Waals surface area (Å²) in [6.45, 7) is 2.59. The fourth-order valence-corrected chi connectivity index (χ4v) is 4.87. The quantitative estimate of drug-likeness (QED) is 0.242. The largest absolute Gasteiger partial charge is 0.455 e. The van der Waals surface area contributed by atoms with Gasteiger partial charge in [0.2, 0.25) is 0 Å². The molecule has 164 valence electrons. The molecule has 0 aliphatic heterocycles. The molecule has 5 nitrogen and oxygen atoms in total. The standard InChI is InChI=1S/C24H20Cl2N2O3S/c1-2-28-20-6-4-3-5-17(20)18-12-16(8-10-21(18)28)27-23(29)13-31-24(30)14-32-22-11-15(25)7-9-19(22)26/h3-12H,2,13-14H2,1H3,(H,27,29). The van der Waals surface area contributed by atoms with Gasteiger partial charge in [-0.2, -0.15) is 0 Å². The molecule has 0 aliphatic carbocycles. The molecular weight excluding hydrogens is 467 g/mol. The summed E-state index contributed by atoms with van der Waals surface area (Å²) >= 11 is 13.2. The van der Waals surface area contributed by atoms with Crippen molar-refractivity contribution in [1.82, 2.24) is 4.57 Å². The molecule has 8 heteroatoms. The van der Waals surface area contributed by atoms with Crippen molar-refractivity contribution in [2.45, 2.75) is 18.4 Å². The number of carbonyl (C=O) groups is 2. The Kier molecular flexibility index (Phi) is 6.94. The number of anilines is 1. The molecule has 4 rings (SSSR count). The van der Waals surface area contributed by atoms with Crippen LogP contribution in [0.15, 0.2) is 65.6 Å². The van der Waals surface area contributed by atoms with Gasteiger partial charge in [-0.25, -0.2) is 0 Å². The van der Waals surface area contributed by atoms with Crippen molar-refractivity contribution in [2.75, 3.05) is 17.7 Å². The van der Waals surface area contributed by atoms with E-state index < -0.39 is 11.9 Å². The number of rotatable bonds is 7. The van der Waals surface area contributed by atoms with Gasteiger partial charge in [-0.15, -0.1) is 11.8 Å². The summed E-state index contributed by atoms with van der Waals surface area (Å²) in [4.78, 5) is 25.0. The highest BCUT2D eigenvalue weighted by atomic mass is 35.5. The lowest BCUT2D eigenvalue weighted by molar-refractivity contribution is -0.144. The normalized spacial score (nSPS) is 11.1. The predicted octanol–water partition coefficient (Wildman–Crippen LogP) is 6.40. The summed E-state index contributed by atoms with van der Waals surface area (Å²) < 4.78 is 7.33. The number of aryl methyl sites for hydroxylation is 1. The molecular formula is C24H20Cl2N2O3S. The van der Waals surface area contributed by atoms with E-state index in [0.29, 0.717) is 20.6 Å². The van der Waals surface area contributed by atoms with Crippen molar-refractivity contribution in [3.63, 3.8) is 0 Å². The number of amides is 1. The highest BCUT2D eigenvalue weighted by Gasteiger charge is 2.13. The van der Waals surface area contributed by atoms with Crippen molar-refractivity contribution < 1.29 is 14.3 Å². The number of ether oxygens (including phenoxy) is 1. The van der Waals surface area contributed by atoms with Crippen LogP contribution in [0, 0.1) is 0 Å². The molecule has 1 amide bonds. The van der Waals surface area contributed by atoms with Crippen LogP contribution >= 0.6 is 35.0 Å². The Labute approximate surface area is 199 Å². The molecule has 0 fully saturated rings. The number of nitrogens with zero attached hydrogens (tertiary/aromatic N) is 1.